The van der Waals surface area contributed by atoms with Crippen molar-refractivity contribution in [3.05, 3.63) is 144 Å². The quantitative estimate of drug-likeness (QED) is 0.198. The maximum Gasteiger partial charge on any atom is 0.416 e. The van der Waals surface area contributed by atoms with Crippen LogP contribution in [0, 0.1) is 12.7 Å². The van der Waals surface area contributed by atoms with E-state index in [-0.39, 0.29) is 5.82 Å². The third-order valence-electron chi connectivity index (χ3n) is 7.19. The number of fused-ring (bicyclic) bond motifs is 1. The van der Waals surface area contributed by atoms with Crippen LogP contribution >= 0.6 is 0 Å². The molecule has 6 aromatic rings. The summed E-state index contributed by atoms with van der Waals surface area (Å²) in [4.78, 5) is 0. The van der Waals surface area contributed by atoms with Gasteiger partial charge >= 0.3 is 6.18 Å². The zero-order valence-electron chi connectivity index (χ0n) is 21.6. The number of rotatable bonds is 4. The smallest absolute Gasteiger partial charge is 0.207 e. The second-order valence-electron chi connectivity index (χ2n) is 10.0. The van der Waals surface area contributed by atoms with E-state index >= 15 is 0 Å². The number of benzene rings is 6. The van der Waals surface area contributed by atoms with Crippen molar-refractivity contribution < 1.29 is 17.6 Å². The minimum Gasteiger partial charge on any atom is -0.207 e. The van der Waals surface area contributed by atoms with Gasteiger partial charge in [0.25, 0.3) is 0 Å². The van der Waals surface area contributed by atoms with Crippen molar-refractivity contribution in [1.29, 1.82) is 0 Å². The van der Waals surface area contributed by atoms with E-state index in [1.54, 1.807) is 25.1 Å². The first-order valence-corrected chi connectivity index (χ1v) is 12.9. The lowest BCUT2D eigenvalue weighted by Crippen LogP contribution is -2.05. The molecule has 0 aliphatic rings. The van der Waals surface area contributed by atoms with Crippen LogP contribution in [0.4, 0.5) is 17.6 Å². The average molecular weight is 533 g/mol. The van der Waals surface area contributed by atoms with Gasteiger partial charge in [-0.15, -0.1) is 0 Å². The Morgan fingerprint density at radius 3 is 1.27 bits per heavy atom. The Labute approximate surface area is 230 Å². The molecule has 0 nitrogen and oxygen atoms in total. The van der Waals surface area contributed by atoms with E-state index in [4.69, 9.17) is 0 Å². The van der Waals surface area contributed by atoms with Crippen LogP contribution < -0.4 is 0 Å². The number of hydrogen-bond donors (Lipinski definition) is 0. The zero-order chi connectivity index (χ0) is 27.9. The lowest BCUT2D eigenvalue weighted by atomic mass is 9.95. The van der Waals surface area contributed by atoms with Gasteiger partial charge in [-0.05, 0) is 104 Å². The van der Waals surface area contributed by atoms with Crippen LogP contribution in [-0.4, -0.2) is 0 Å². The SMILES string of the molecule is Cc1cc(-c2ccc(-c3ccc4ccc(-c5ccc(-c6ccc(F)cc6)cc5)cc4c3)cc2)cc(C(F)(F)F)c1. The summed E-state index contributed by atoms with van der Waals surface area (Å²) in [6, 6.07) is 39.1. The van der Waals surface area contributed by atoms with Gasteiger partial charge in [0.1, 0.15) is 5.82 Å². The molecule has 6 rings (SSSR count). The lowest BCUT2D eigenvalue weighted by Gasteiger charge is -2.12. The first-order chi connectivity index (χ1) is 19.2. The van der Waals surface area contributed by atoms with Gasteiger partial charge in [-0.3, -0.25) is 0 Å². The summed E-state index contributed by atoms with van der Waals surface area (Å²) in [6.45, 7) is 1.68. The molecule has 0 saturated heterocycles. The normalized spacial score (nSPS) is 11.6. The van der Waals surface area contributed by atoms with Crippen LogP contribution in [0.25, 0.3) is 55.3 Å². The Bertz CT molecular complexity index is 1810. The molecule has 0 aromatic heterocycles. The van der Waals surface area contributed by atoms with E-state index in [2.05, 4.69) is 48.5 Å². The van der Waals surface area contributed by atoms with Crippen LogP contribution in [-0.2, 0) is 6.18 Å². The van der Waals surface area contributed by atoms with Crippen molar-refractivity contribution in [1.82, 2.24) is 0 Å². The number of aryl methyl sites for hydroxylation is 1. The van der Waals surface area contributed by atoms with Gasteiger partial charge in [-0.25, -0.2) is 4.39 Å². The predicted molar refractivity (Wildman–Crippen MR) is 155 cm³/mol. The van der Waals surface area contributed by atoms with Crippen LogP contribution in [0.2, 0.25) is 0 Å². The van der Waals surface area contributed by atoms with Crippen LogP contribution in [0.1, 0.15) is 11.1 Å². The monoisotopic (exact) mass is 532 g/mol. The zero-order valence-corrected chi connectivity index (χ0v) is 21.6. The molecule has 40 heavy (non-hydrogen) atoms. The molecule has 6 aromatic carbocycles. The van der Waals surface area contributed by atoms with Gasteiger partial charge in [0.2, 0.25) is 0 Å². The molecule has 0 amide bonds. The van der Waals surface area contributed by atoms with Gasteiger partial charge in [0.05, 0.1) is 5.56 Å². The molecular formula is C36H24F4. The molecule has 0 saturated carbocycles. The minimum atomic E-state index is -4.38. The fourth-order valence-corrected chi connectivity index (χ4v) is 5.07. The molecule has 196 valence electrons. The Balaban J connectivity index is 1.28. The molecule has 0 aliphatic heterocycles. The molecule has 0 atom stereocenters. The van der Waals surface area contributed by atoms with Crippen molar-refractivity contribution in [2.45, 2.75) is 13.1 Å². The molecule has 0 radical (unpaired) electrons. The van der Waals surface area contributed by atoms with Gasteiger partial charge in [0, 0.05) is 0 Å². The summed E-state index contributed by atoms with van der Waals surface area (Å²) >= 11 is 0. The Morgan fingerprint density at radius 2 is 0.800 bits per heavy atom. The fourth-order valence-electron chi connectivity index (χ4n) is 5.07. The van der Waals surface area contributed by atoms with Crippen LogP contribution in [0.15, 0.2) is 127 Å². The average Bonchev–Trinajstić information content (AvgIpc) is 2.96. The predicted octanol–water partition coefficient (Wildman–Crippen LogP) is 11.0. The molecule has 0 spiro atoms. The van der Waals surface area contributed by atoms with Gasteiger partial charge in [-0.1, -0.05) is 91.0 Å². The van der Waals surface area contributed by atoms with E-state index in [0.29, 0.717) is 11.1 Å². The second kappa shape index (κ2) is 10.1. The largest absolute Gasteiger partial charge is 0.416 e. The Kier molecular flexibility index (Phi) is 6.47. The summed E-state index contributed by atoms with van der Waals surface area (Å²) in [6.07, 6.45) is -4.38. The Hall–Kier alpha value is -4.70. The fraction of sp³-hybridized carbons (Fsp3) is 0.0556. The molecule has 0 fully saturated rings. The van der Waals surface area contributed by atoms with E-state index in [0.717, 1.165) is 49.7 Å². The van der Waals surface area contributed by atoms with Crippen LogP contribution in [0.3, 0.4) is 0 Å². The highest BCUT2D eigenvalue weighted by atomic mass is 19.4. The third kappa shape index (κ3) is 5.26. The molecule has 0 heterocycles. The minimum absolute atomic E-state index is 0.252. The molecule has 0 bridgehead atoms. The van der Waals surface area contributed by atoms with E-state index in [1.807, 2.05) is 36.4 Å². The summed E-state index contributed by atoms with van der Waals surface area (Å²) in [5.41, 5.74) is 7.40. The van der Waals surface area contributed by atoms with Crippen molar-refractivity contribution in [2.75, 3.05) is 0 Å². The van der Waals surface area contributed by atoms with Gasteiger partial charge in [0.15, 0.2) is 0 Å². The first kappa shape index (κ1) is 25.6. The van der Waals surface area contributed by atoms with Crippen molar-refractivity contribution in [3.63, 3.8) is 0 Å². The van der Waals surface area contributed by atoms with Gasteiger partial charge in [-0.2, -0.15) is 13.2 Å². The van der Waals surface area contributed by atoms with E-state index < -0.39 is 11.7 Å². The summed E-state index contributed by atoms with van der Waals surface area (Å²) in [5.74, 6) is -0.252. The molecule has 0 aliphatic carbocycles. The second-order valence-corrected chi connectivity index (χ2v) is 10.0. The molecule has 0 unspecified atom stereocenters. The van der Waals surface area contributed by atoms with Crippen molar-refractivity contribution in [2.24, 2.45) is 0 Å². The molecule has 4 heteroatoms. The van der Waals surface area contributed by atoms with Crippen molar-refractivity contribution in [3.8, 4) is 44.5 Å². The number of halogens is 4. The molecule has 0 N–H and O–H groups in total. The highest BCUT2D eigenvalue weighted by molar-refractivity contribution is 5.91. The van der Waals surface area contributed by atoms with Crippen LogP contribution in [0.5, 0.6) is 0 Å². The lowest BCUT2D eigenvalue weighted by molar-refractivity contribution is -0.137. The van der Waals surface area contributed by atoms with E-state index in [1.165, 1.54) is 24.3 Å². The summed E-state index contributed by atoms with van der Waals surface area (Å²) in [5, 5.41) is 2.21. The third-order valence-corrected chi connectivity index (χ3v) is 7.19. The molecular weight excluding hydrogens is 508 g/mol. The topological polar surface area (TPSA) is 0 Å². The number of hydrogen-bond acceptors (Lipinski definition) is 0. The Morgan fingerprint density at radius 1 is 0.400 bits per heavy atom. The maximum absolute atomic E-state index is 13.3. The summed E-state index contributed by atoms with van der Waals surface area (Å²) in [7, 11) is 0. The highest BCUT2D eigenvalue weighted by Crippen LogP contribution is 2.35. The maximum atomic E-state index is 13.3. The summed E-state index contributed by atoms with van der Waals surface area (Å²) < 4.78 is 53.2. The standard InChI is InChI=1S/C36H24F4/c1-23-18-32(22-34(19-23)36(38,39)40)28-8-6-27(7-9-28)31-13-11-29-10-12-30(20-33(29)21-31)26-4-2-24(3-5-26)25-14-16-35(37)17-15-25/h2-22H,1H3. The number of alkyl halides is 3. The van der Waals surface area contributed by atoms with E-state index in [9.17, 15) is 17.6 Å². The highest BCUT2D eigenvalue weighted by Gasteiger charge is 2.31. The first-order valence-electron chi connectivity index (χ1n) is 12.9. The van der Waals surface area contributed by atoms with Gasteiger partial charge < -0.3 is 0 Å². The van der Waals surface area contributed by atoms with Crippen molar-refractivity contribution >= 4 is 10.8 Å².